The van der Waals surface area contributed by atoms with Crippen molar-refractivity contribution in [2.75, 3.05) is 24.3 Å². The van der Waals surface area contributed by atoms with E-state index in [0.29, 0.717) is 36.3 Å². The van der Waals surface area contributed by atoms with Crippen LogP contribution in [0.15, 0.2) is 52.7 Å². The first kappa shape index (κ1) is 18.8. The SMILES string of the molecule is O=C(CCSc1ccc(F)cc1)Nc1nc(-c2ccc3c(c2)OCCO3)cs1. The number of aromatic nitrogens is 1. The Kier molecular flexibility index (Phi) is 5.78. The molecule has 2 heterocycles. The molecule has 28 heavy (non-hydrogen) atoms. The van der Waals surface area contributed by atoms with E-state index in [0.717, 1.165) is 21.9 Å². The number of carbonyl (C=O) groups excluding carboxylic acids is 1. The molecule has 1 aliphatic heterocycles. The van der Waals surface area contributed by atoms with E-state index >= 15 is 0 Å². The third-order valence-corrected chi connectivity index (χ3v) is 5.77. The minimum atomic E-state index is -0.264. The number of hydrogen-bond donors (Lipinski definition) is 1. The van der Waals surface area contributed by atoms with Crippen LogP contribution in [0.1, 0.15) is 6.42 Å². The van der Waals surface area contributed by atoms with E-state index in [2.05, 4.69) is 10.3 Å². The minimum absolute atomic E-state index is 0.0994. The van der Waals surface area contributed by atoms with E-state index < -0.39 is 0 Å². The Hall–Kier alpha value is -2.58. The van der Waals surface area contributed by atoms with Gasteiger partial charge < -0.3 is 14.8 Å². The van der Waals surface area contributed by atoms with Gasteiger partial charge in [-0.3, -0.25) is 4.79 Å². The first-order valence-corrected chi connectivity index (χ1v) is 10.6. The van der Waals surface area contributed by atoms with E-state index in [1.807, 2.05) is 23.6 Å². The predicted octanol–water partition coefficient (Wildman–Crippen LogP) is 4.84. The Morgan fingerprint density at radius 1 is 1.14 bits per heavy atom. The van der Waals surface area contributed by atoms with Gasteiger partial charge in [-0.2, -0.15) is 0 Å². The maximum Gasteiger partial charge on any atom is 0.226 e. The largest absolute Gasteiger partial charge is 0.486 e. The maximum absolute atomic E-state index is 12.9. The molecule has 0 unspecified atom stereocenters. The predicted molar refractivity (Wildman–Crippen MR) is 109 cm³/mol. The van der Waals surface area contributed by atoms with Crippen LogP contribution in [0, 0.1) is 5.82 Å². The molecular formula is C20H17FN2O3S2. The Labute approximate surface area is 169 Å². The fraction of sp³-hybridized carbons (Fsp3) is 0.200. The molecule has 5 nitrogen and oxygen atoms in total. The van der Waals surface area contributed by atoms with Gasteiger partial charge in [0.15, 0.2) is 16.6 Å². The van der Waals surface area contributed by atoms with Crippen molar-refractivity contribution >= 4 is 34.1 Å². The van der Waals surface area contributed by atoms with E-state index in [9.17, 15) is 9.18 Å². The monoisotopic (exact) mass is 416 g/mol. The van der Waals surface area contributed by atoms with Crippen molar-refractivity contribution in [2.24, 2.45) is 0 Å². The highest BCUT2D eigenvalue weighted by Crippen LogP contribution is 2.35. The molecule has 2 aromatic carbocycles. The second-order valence-corrected chi connectivity index (χ2v) is 8.02. The summed E-state index contributed by atoms with van der Waals surface area (Å²) in [4.78, 5) is 17.6. The molecule has 4 rings (SSSR count). The molecule has 0 atom stereocenters. The Morgan fingerprint density at radius 2 is 1.93 bits per heavy atom. The number of fused-ring (bicyclic) bond motifs is 1. The quantitative estimate of drug-likeness (QED) is 0.583. The van der Waals surface area contributed by atoms with E-state index in [-0.39, 0.29) is 11.7 Å². The van der Waals surface area contributed by atoms with Crippen LogP contribution < -0.4 is 14.8 Å². The van der Waals surface area contributed by atoms with Crippen molar-refractivity contribution in [3.8, 4) is 22.8 Å². The van der Waals surface area contributed by atoms with Crippen molar-refractivity contribution < 1.29 is 18.7 Å². The van der Waals surface area contributed by atoms with Gasteiger partial charge in [-0.1, -0.05) is 0 Å². The number of anilines is 1. The molecule has 0 fully saturated rings. The topological polar surface area (TPSA) is 60.5 Å². The lowest BCUT2D eigenvalue weighted by molar-refractivity contribution is -0.115. The fourth-order valence-corrected chi connectivity index (χ4v) is 4.23. The summed E-state index contributed by atoms with van der Waals surface area (Å²) >= 11 is 2.89. The molecule has 1 aliphatic rings. The summed E-state index contributed by atoms with van der Waals surface area (Å²) < 4.78 is 24.0. The lowest BCUT2D eigenvalue weighted by Crippen LogP contribution is -2.15. The van der Waals surface area contributed by atoms with Crippen LogP contribution >= 0.6 is 23.1 Å². The Morgan fingerprint density at radius 3 is 2.75 bits per heavy atom. The fourth-order valence-electron chi connectivity index (χ4n) is 2.64. The summed E-state index contributed by atoms with van der Waals surface area (Å²) in [5, 5.41) is 5.28. The average molecular weight is 416 g/mol. The second kappa shape index (κ2) is 8.62. The molecular weight excluding hydrogens is 399 g/mol. The molecule has 1 N–H and O–H groups in total. The molecule has 3 aromatic rings. The number of carbonyl (C=O) groups is 1. The number of benzene rings is 2. The maximum atomic E-state index is 12.9. The number of ether oxygens (including phenoxy) is 2. The lowest BCUT2D eigenvalue weighted by atomic mass is 10.1. The van der Waals surface area contributed by atoms with E-state index in [1.165, 1.54) is 35.2 Å². The summed E-state index contributed by atoms with van der Waals surface area (Å²) in [7, 11) is 0. The van der Waals surface area contributed by atoms with Crippen LogP contribution in [0.5, 0.6) is 11.5 Å². The highest BCUT2D eigenvalue weighted by Gasteiger charge is 2.14. The van der Waals surface area contributed by atoms with Gasteiger partial charge in [0.1, 0.15) is 19.0 Å². The molecule has 0 saturated heterocycles. The molecule has 0 bridgehead atoms. The summed E-state index contributed by atoms with van der Waals surface area (Å²) in [6.45, 7) is 1.09. The minimum Gasteiger partial charge on any atom is -0.486 e. The van der Waals surface area contributed by atoms with E-state index in [1.54, 1.807) is 12.1 Å². The van der Waals surface area contributed by atoms with Crippen molar-refractivity contribution in [3.63, 3.8) is 0 Å². The number of nitrogens with one attached hydrogen (secondary N) is 1. The third-order valence-electron chi connectivity index (χ3n) is 4.00. The van der Waals surface area contributed by atoms with Crippen LogP contribution in [0.4, 0.5) is 9.52 Å². The molecule has 1 amide bonds. The molecule has 0 spiro atoms. The first-order chi connectivity index (χ1) is 13.7. The normalized spacial score (nSPS) is 12.6. The molecule has 0 radical (unpaired) electrons. The van der Waals surface area contributed by atoms with Gasteiger partial charge in [0.2, 0.25) is 5.91 Å². The van der Waals surface area contributed by atoms with Crippen molar-refractivity contribution in [1.29, 1.82) is 0 Å². The summed E-state index contributed by atoms with van der Waals surface area (Å²) in [6, 6.07) is 11.9. The highest BCUT2D eigenvalue weighted by atomic mass is 32.2. The number of amides is 1. The number of thiazole rings is 1. The zero-order chi connectivity index (χ0) is 19.3. The standard InChI is InChI=1S/C20H17FN2O3S2/c21-14-2-4-15(5-3-14)27-10-7-19(24)23-20-22-16(12-28-20)13-1-6-17-18(11-13)26-9-8-25-17/h1-6,11-12H,7-10H2,(H,22,23,24). The first-order valence-electron chi connectivity index (χ1n) is 8.71. The van der Waals surface area contributed by atoms with Gasteiger partial charge in [0.05, 0.1) is 5.69 Å². The van der Waals surface area contributed by atoms with Gasteiger partial charge in [-0.25, -0.2) is 9.37 Å². The Bertz CT molecular complexity index is 976. The van der Waals surface area contributed by atoms with Gasteiger partial charge in [0.25, 0.3) is 0 Å². The molecule has 0 saturated carbocycles. The zero-order valence-corrected chi connectivity index (χ0v) is 16.4. The van der Waals surface area contributed by atoms with Gasteiger partial charge in [-0.05, 0) is 42.5 Å². The lowest BCUT2D eigenvalue weighted by Gasteiger charge is -2.18. The van der Waals surface area contributed by atoms with Gasteiger partial charge >= 0.3 is 0 Å². The number of rotatable bonds is 6. The van der Waals surface area contributed by atoms with Crippen molar-refractivity contribution in [2.45, 2.75) is 11.3 Å². The smallest absolute Gasteiger partial charge is 0.226 e. The van der Waals surface area contributed by atoms with Crippen LogP contribution in [-0.2, 0) is 4.79 Å². The zero-order valence-electron chi connectivity index (χ0n) is 14.8. The summed E-state index contributed by atoms with van der Waals surface area (Å²) in [5.74, 6) is 1.69. The Balaban J connectivity index is 1.31. The molecule has 1 aromatic heterocycles. The van der Waals surface area contributed by atoms with Gasteiger partial charge in [0, 0.05) is 28.0 Å². The van der Waals surface area contributed by atoms with Crippen LogP contribution in [-0.4, -0.2) is 29.9 Å². The van der Waals surface area contributed by atoms with E-state index in [4.69, 9.17) is 9.47 Å². The summed E-state index contributed by atoms with van der Waals surface area (Å²) in [5.41, 5.74) is 1.69. The van der Waals surface area contributed by atoms with Crippen molar-refractivity contribution in [1.82, 2.24) is 4.98 Å². The van der Waals surface area contributed by atoms with Crippen molar-refractivity contribution in [3.05, 3.63) is 53.7 Å². The van der Waals surface area contributed by atoms with Gasteiger partial charge in [-0.15, -0.1) is 23.1 Å². The number of halogens is 1. The molecule has 0 aliphatic carbocycles. The number of thioether (sulfide) groups is 1. The molecule has 8 heteroatoms. The van der Waals surface area contributed by atoms with Crippen LogP contribution in [0.3, 0.4) is 0 Å². The van der Waals surface area contributed by atoms with Crippen LogP contribution in [0.2, 0.25) is 0 Å². The number of hydrogen-bond acceptors (Lipinski definition) is 6. The number of nitrogens with zero attached hydrogens (tertiary/aromatic N) is 1. The second-order valence-electron chi connectivity index (χ2n) is 6.00. The van der Waals surface area contributed by atoms with Crippen LogP contribution in [0.25, 0.3) is 11.3 Å². The average Bonchev–Trinajstić information content (AvgIpc) is 3.17. The summed E-state index contributed by atoms with van der Waals surface area (Å²) in [6.07, 6.45) is 0.348. The highest BCUT2D eigenvalue weighted by molar-refractivity contribution is 7.99. The third kappa shape index (κ3) is 4.63. The molecule has 144 valence electrons.